The molecule has 1 amide bonds. The van der Waals surface area contributed by atoms with Crippen molar-refractivity contribution in [2.45, 2.75) is 12.8 Å². The number of carbonyl (C=O) groups excluding carboxylic acids is 1. The Labute approximate surface area is 117 Å². The largest absolute Gasteiger partial charge is 0.330 e. The van der Waals surface area contributed by atoms with Gasteiger partial charge in [-0.15, -0.1) is 11.3 Å². The van der Waals surface area contributed by atoms with Gasteiger partial charge in [0.25, 0.3) is 0 Å². The maximum Gasteiger partial charge on any atom is 0.239 e. The molecule has 1 aliphatic heterocycles. The fourth-order valence-electron chi connectivity index (χ4n) is 2.24. The van der Waals surface area contributed by atoms with Gasteiger partial charge in [-0.05, 0) is 49.8 Å². The number of piperidine rings is 1. The lowest BCUT2D eigenvalue weighted by molar-refractivity contribution is -0.117. The van der Waals surface area contributed by atoms with Gasteiger partial charge in [-0.1, -0.05) is 0 Å². The molecule has 5 nitrogen and oxygen atoms in total. The van der Waals surface area contributed by atoms with Crippen molar-refractivity contribution in [2.24, 2.45) is 11.7 Å². The summed E-state index contributed by atoms with van der Waals surface area (Å²) in [5.74, 6) is 0.548. The molecule has 0 aliphatic carbocycles. The molecule has 0 radical (unpaired) electrons. The van der Waals surface area contributed by atoms with Crippen molar-refractivity contribution < 1.29 is 4.79 Å². The van der Waals surface area contributed by atoms with E-state index in [4.69, 9.17) is 11.0 Å². The van der Waals surface area contributed by atoms with E-state index in [1.807, 2.05) is 0 Å². The minimum Gasteiger partial charge on any atom is -0.330 e. The van der Waals surface area contributed by atoms with E-state index in [-0.39, 0.29) is 5.91 Å². The zero-order valence-electron chi connectivity index (χ0n) is 10.8. The molecule has 0 unspecified atom stereocenters. The summed E-state index contributed by atoms with van der Waals surface area (Å²) in [6, 6.07) is 3.78. The highest BCUT2D eigenvalue weighted by molar-refractivity contribution is 7.14. The third kappa shape index (κ3) is 3.77. The van der Waals surface area contributed by atoms with Crippen LogP contribution in [-0.4, -0.2) is 37.0 Å². The first-order valence-electron chi connectivity index (χ1n) is 6.42. The molecule has 1 fully saturated rings. The zero-order chi connectivity index (χ0) is 13.7. The van der Waals surface area contributed by atoms with Crippen LogP contribution in [0.4, 0.5) is 5.00 Å². The third-order valence-electron chi connectivity index (χ3n) is 3.45. The highest BCUT2D eigenvalue weighted by atomic mass is 32.1. The van der Waals surface area contributed by atoms with Gasteiger partial charge < -0.3 is 11.1 Å². The summed E-state index contributed by atoms with van der Waals surface area (Å²) in [5.41, 5.74) is 6.17. The van der Waals surface area contributed by atoms with Crippen LogP contribution in [0.25, 0.3) is 0 Å². The van der Waals surface area contributed by atoms with E-state index in [0.717, 1.165) is 32.5 Å². The average molecular weight is 278 g/mol. The lowest BCUT2D eigenvalue weighted by atomic mass is 9.97. The van der Waals surface area contributed by atoms with Gasteiger partial charge in [0, 0.05) is 0 Å². The van der Waals surface area contributed by atoms with E-state index in [2.05, 4.69) is 16.3 Å². The molecule has 2 heterocycles. The summed E-state index contributed by atoms with van der Waals surface area (Å²) in [6.07, 6.45) is 2.12. The monoisotopic (exact) mass is 278 g/mol. The number of nitriles is 1. The lowest BCUT2D eigenvalue weighted by Gasteiger charge is -2.30. The summed E-state index contributed by atoms with van der Waals surface area (Å²) in [4.78, 5) is 14.1. The lowest BCUT2D eigenvalue weighted by Crippen LogP contribution is -2.40. The number of hydrogen-bond donors (Lipinski definition) is 2. The Morgan fingerprint density at radius 2 is 2.32 bits per heavy atom. The van der Waals surface area contributed by atoms with E-state index < -0.39 is 0 Å². The minimum atomic E-state index is -0.0508. The molecule has 1 aromatic rings. The van der Waals surface area contributed by atoms with Gasteiger partial charge in [-0.25, -0.2) is 0 Å². The Balaban J connectivity index is 1.81. The topological polar surface area (TPSA) is 82.2 Å². The highest BCUT2D eigenvalue weighted by Gasteiger charge is 2.20. The second-order valence-electron chi connectivity index (χ2n) is 4.78. The predicted octanol–water partition coefficient (Wildman–Crippen LogP) is 1.23. The van der Waals surface area contributed by atoms with Crippen LogP contribution in [0.1, 0.15) is 18.4 Å². The Morgan fingerprint density at radius 1 is 1.58 bits per heavy atom. The number of nitrogens with two attached hydrogens (primary N) is 1. The van der Waals surface area contributed by atoms with Crippen molar-refractivity contribution in [3.8, 4) is 6.07 Å². The van der Waals surface area contributed by atoms with Crippen molar-refractivity contribution in [2.75, 3.05) is 31.5 Å². The van der Waals surface area contributed by atoms with Crippen molar-refractivity contribution in [3.63, 3.8) is 0 Å². The molecule has 0 bridgehead atoms. The maximum atomic E-state index is 11.9. The second kappa shape index (κ2) is 6.66. The summed E-state index contributed by atoms with van der Waals surface area (Å²) in [5, 5.41) is 14.1. The molecule has 1 aromatic heterocycles. The molecule has 0 atom stereocenters. The number of anilines is 1. The van der Waals surface area contributed by atoms with Crippen LogP contribution in [0, 0.1) is 17.2 Å². The van der Waals surface area contributed by atoms with Crippen molar-refractivity contribution >= 4 is 22.2 Å². The Bertz CT molecular complexity index is 471. The SMILES string of the molecule is N#Cc1ccsc1NC(=O)CN1CCC(CN)CC1. The van der Waals surface area contributed by atoms with Gasteiger partial charge >= 0.3 is 0 Å². The van der Waals surface area contributed by atoms with Crippen LogP contribution in [0.2, 0.25) is 0 Å². The Morgan fingerprint density at radius 3 is 2.95 bits per heavy atom. The number of amides is 1. The van der Waals surface area contributed by atoms with E-state index in [1.54, 1.807) is 11.4 Å². The molecule has 3 N–H and O–H groups in total. The van der Waals surface area contributed by atoms with Gasteiger partial charge in [0.1, 0.15) is 11.1 Å². The smallest absolute Gasteiger partial charge is 0.239 e. The van der Waals surface area contributed by atoms with E-state index in [0.29, 0.717) is 23.0 Å². The molecule has 0 aromatic carbocycles. The molecule has 19 heavy (non-hydrogen) atoms. The van der Waals surface area contributed by atoms with E-state index in [1.165, 1.54) is 11.3 Å². The van der Waals surface area contributed by atoms with Gasteiger partial charge in [0.05, 0.1) is 12.1 Å². The highest BCUT2D eigenvalue weighted by Crippen LogP contribution is 2.22. The normalized spacial score (nSPS) is 17.1. The van der Waals surface area contributed by atoms with Crippen LogP contribution >= 0.6 is 11.3 Å². The number of carbonyl (C=O) groups is 1. The van der Waals surface area contributed by atoms with Crippen molar-refractivity contribution in [1.82, 2.24) is 4.90 Å². The van der Waals surface area contributed by atoms with E-state index >= 15 is 0 Å². The quantitative estimate of drug-likeness (QED) is 0.868. The maximum absolute atomic E-state index is 11.9. The fraction of sp³-hybridized carbons (Fsp3) is 0.538. The number of likely N-dealkylation sites (tertiary alicyclic amines) is 1. The van der Waals surface area contributed by atoms with Gasteiger partial charge in [0.2, 0.25) is 5.91 Å². The minimum absolute atomic E-state index is 0.0508. The molecular weight excluding hydrogens is 260 g/mol. The molecule has 1 aliphatic rings. The van der Waals surface area contributed by atoms with Crippen LogP contribution in [-0.2, 0) is 4.79 Å². The summed E-state index contributed by atoms with van der Waals surface area (Å²) in [7, 11) is 0. The van der Waals surface area contributed by atoms with Gasteiger partial charge in [0.15, 0.2) is 0 Å². The first-order chi connectivity index (χ1) is 9.22. The molecular formula is C13H18N4OS. The Hall–Kier alpha value is -1.42. The number of nitrogens with zero attached hydrogens (tertiary/aromatic N) is 2. The molecule has 102 valence electrons. The Kier molecular flexibility index (Phi) is 4.91. The second-order valence-corrected chi connectivity index (χ2v) is 5.69. The van der Waals surface area contributed by atoms with Crippen LogP contribution in [0.15, 0.2) is 11.4 Å². The number of hydrogen-bond acceptors (Lipinski definition) is 5. The predicted molar refractivity (Wildman–Crippen MR) is 75.9 cm³/mol. The first-order valence-corrected chi connectivity index (χ1v) is 7.30. The third-order valence-corrected chi connectivity index (χ3v) is 4.28. The fourth-order valence-corrected chi connectivity index (χ4v) is 3.00. The molecule has 2 rings (SSSR count). The van der Waals surface area contributed by atoms with Gasteiger partial charge in [-0.3, -0.25) is 9.69 Å². The molecule has 6 heteroatoms. The standard InChI is InChI=1S/C13H18N4OS/c14-7-10-1-4-17(5-2-10)9-12(18)16-13-11(8-15)3-6-19-13/h3,6,10H,1-2,4-5,7,9,14H2,(H,16,18). The van der Waals surface area contributed by atoms with E-state index in [9.17, 15) is 4.79 Å². The van der Waals surface area contributed by atoms with Crippen LogP contribution in [0.3, 0.4) is 0 Å². The molecule has 1 saturated heterocycles. The number of rotatable bonds is 4. The summed E-state index contributed by atoms with van der Waals surface area (Å²) >= 11 is 1.38. The zero-order valence-corrected chi connectivity index (χ0v) is 11.6. The number of thiophene rings is 1. The average Bonchev–Trinajstić information content (AvgIpc) is 2.86. The molecule has 0 saturated carbocycles. The summed E-state index contributed by atoms with van der Waals surface area (Å²) in [6.45, 7) is 2.97. The van der Waals surface area contributed by atoms with Crippen molar-refractivity contribution in [1.29, 1.82) is 5.26 Å². The first kappa shape index (κ1) is 14.0. The van der Waals surface area contributed by atoms with Gasteiger partial charge in [-0.2, -0.15) is 5.26 Å². The van der Waals surface area contributed by atoms with Crippen LogP contribution in [0.5, 0.6) is 0 Å². The van der Waals surface area contributed by atoms with Crippen molar-refractivity contribution in [3.05, 3.63) is 17.0 Å². The van der Waals surface area contributed by atoms with Crippen LogP contribution < -0.4 is 11.1 Å². The molecule has 0 spiro atoms. The summed E-state index contributed by atoms with van der Waals surface area (Å²) < 4.78 is 0. The number of nitrogens with one attached hydrogen (secondary N) is 1.